The fourth-order valence-corrected chi connectivity index (χ4v) is 3.91. The maximum absolute atomic E-state index is 5.47. The summed E-state index contributed by atoms with van der Waals surface area (Å²) >= 11 is 7.15. The van der Waals surface area contributed by atoms with Gasteiger partial charge in [-0.15, -0.1) is 0 Å². The molecule has 100 valence electrons. The van der Waals surface area contributed by atoms with Crippen molar-refractivity contribution in [3.05, 3.63) is 32.7 Å². The van der Waals surface area contributed by atoms with Crippen molar-refractivity contribution in [2.45, 2.75) is 25.8 Å². The Labute approximate surface area is 126 Å². The average molecular weight is 377 g/mol. The van der Waals surface area contributed by atoms with E-state index in [1.807, 2.05) is 0 Å². The molecule has 1 heterocycles. The first-order chi connectivity index (χ1) is 8.70. The summed E-state index contributed by atoms with van der Waals surface area (Å²) < 4.78 is 7.72. The molecular weight excluding hydrogens is 358 g/mol. The van der Waals surface area contributed by atoms with Crippen molar-refractivity contribution in [1.29, 1.82) is 0 Å². The van der Waals surface area contributed by atoms with Crippen LogP contribution in [0.5, 0.6) is 0 Å². The number of benzene rings is 1. The van der Waals surface area contributed by atoms with Gasteiger partial charge in [0, 0.05) is 28.2 Å². The van der Waals surface area contributed by atoms with Gasteiger partial charge < -0.3 is 10.1 Å². The average Bonchev–Trinajstić information content (AvgIpc) is 2.36. The minimum atomic E-state index is 0.424. The molecule has 1 aliphatic rings. The van der Waals surface area contributed by atoms with Crippen LogP contribution in [0.2, 0.25) is 0 Å². The molecule has 2 nitrogen and oxygen atoms in total. The first kappa shape index (κ1) is 14.5. The second kappa shape index (κ2) is 7.04. The van der Waals surface area contributed by atoms with E-state index < -0.39 is 0 Å². The lowest BCUT2D eigenvalue weighted by Gasteiger charge is -2.31. The zero-order valence-corrected chi connectivity index (χ0v) is 13.8. The summed E-state index contributed by atoms with van der Waals surface area (Å²) in [5.41, 5.74) is 1.35. The van der Waals surface area contributed by atoms with Crippen LogP contribution >= 0.6 is 31.9 Å². The second-order valence-electron chi connectivity index (χ2n) is 4.69. The minimum absolute atomic E-state index is 0.424. The highest BCUT2D eigenvalue weighted by atomic mass is 79.9. The summed E-state index contributed by atoms with van der Waals surface area (Å²) in [5, 5.41) is 3.63. The van der Waals surface area contributed by atoms with Crippen LogP contribution in [-0.2, 0) is 4.74 Å². The Kier molecular flexibility index (Phi) is 5.67. The maximum Gasteiger partial charge on any atom is 0.0469 e. The van der Waals surface area contributed by atoms with Crippen LogP contribution in [0.3, 0.4) is 0 Å². The van der Waals surface area contributed by atoms with Gasteiger partial charge >= 0.3 is 0 Å². The molecule has 0 spiro atoms. The van der Waals surface area contributed by atoms with Gasteiger partial charge in [0.2, 0.25) is 0 Å². The molecule has 1 fully saturated rings. The van der Waals surface area contributed by atoms with Crippen molar-refractivity contribution in [3.63, 3.8) is 0 Å². The number of nitrogens with one attached hydrogen (secondary N) is 1. The van der Waals surface area contributed by atoms with E-state index in [1.165, 1.54) is 5.56 Å². The Hall–Kier alpha value is 0.1000. The Bertz CT molecular complexity index is 371. The number of hydrogen-bond acceptors (Lipinski definition) is 2. The van der Waals surface area contributed by atoms with E-state index in [2.05, 4.69) is 62.3 Å². The van der Waals surface area contributed by atoms with E-state index in [0.29, 0.717) is 12.0 Å². The Morgan fingerprint density at radius 3 is 2.39 bits per heavy atom. The molecule has 0 bridgehead atoms. The predicted molar refractivity (Wildman–Crippen MR) is 81.8 cm³/mol. The molecule has 2 rings (SSSR count). The molecule has 1 aliphatic heterocycles. The highest BCUT2D eigenvalue weighted by Gasteiger charge is 2.25. The van der Waals surface area contributed by atoms with Crippen LogP contribution < -0.4 is 5.32 Å². The molecule has 1 aromatic rings. The minimum Gasteiger partial charge on any atom is -0.381 e. The van der Waals surface area contributed by atoms with Crippen molar-refractivity contribution < 1.29 is 4.74 Å². The lowest BCUT2D eigenvalue weighted by molar-refractivity contribution is 0.0538. The van der Waals surface area contributed by atoms with E-state index in [-0.39, 0.29) is 0 Å². The van der Waals surface area contributed by atoms with Gasteiger partial charge in [-0.25, -0.2) is 0 Å². The molecule has 0 saturated carbocycles. The van der Waals surface area contributed by atoms with Crippen molar-refractivity contribution in [3.8, 4) is 0 Å². The lowest BCUT2D eigenvalue weighted by atomic mass is 9.87. The number of hydrogen-bond donors (Lipinski definition) is 1. The van der Waals surface area contributed by atoms with Gasteiger partial charge in [0.15, 0.2) is 0 Å². The summed E-state index contributed by atoms with van der Waals surface area (Å²) in [6.45, 7) is 4.94. The molecular formula is C14H19Br2NO. The molecule has 1 atom stereocenters. The third-order valence-electron chi connectivity index (χ3n) is 3.41. The molecule has 0 radical (unpaired) electrons. The van der Waals surface area contributed by atoms with Gasteiger partial charge in [0.25, 0.3) is 0 Å². The first-order valence-corrected chi connectivity index (χ1v) is 8.06. The molecule has 1 aromatic carbocycles. The van der Waals surface area contributed by atoms with Gasteiger partial charge in [0.1, 0.15) is 0 Å². The zero-order valence-electron chi connectivity index (χ0n) is 10.6. The Morgan fingerprint density at radius 1 is 1.22 bits per heavy atom. The van der Waals surface area contributed by atoms with Crippen molar-refractivity contribution in [2.24, 2.45) is 5.92 Å². The van der Waals surface area contributed by atoms with Gasteiger partial charge in [-0.05, 0) is 49.1 Å². The zero-order chi connectivity index (χ0) is 13.0. The van der Waals surface area contributed by atoms with Gasteiger partial charge in [0.05, 0.1) is 0 Å². The molecule has 1 N–H and O–H groups in total. The molecule has 4 heteroatoms. The smallest absolute Gasteiger partial charge is 0.0469 e. The summed E-state index contributed by atoms with van der Waals surface area (Å²) in [4.78, 5) is 0. The highest BCUT2D eigenvalue weighted by Crippen LogP contribution is 2.33. The molecule has 1 saturated heterocycles. The van der Waals surface area contributed by atoms with Crippen molar-refractivity contribution in [2.75, 3.05) is 19.8 Å². The van der Waals surface area contributed by atoms with Crippen LogP contribution in [0.1, 0.15) is 31.4 Å². The second-order valence-corrected chi connectivity index (χ2v) is 6.52. The number of ether oxygens (including phenoxy) is 1. The van der Waals surface area contributed by atoms with Crippen LogP contribution in [0.15, 0.2) is 27.1 Å². The van der Waals surface area contributed by atoms with Crippen LogP contribution in [-0.4, -0.2) is 19.8 Å². The summed E-state index contributed by atoms with van der Waals surface area (Å²) in [6.07, 6.45) is 2.28. The molecule has 0 aromatic heterocycles. The van der Waals surface area contributed by atoms with Crippen LogP contribution in [0, 0.1) is 5.92 Å². The van der Waals surface area contributed by atoms with Crippen LogP contribution in [0.25, 0.3) is 0 Å². The topological polar surface area (TPSA) is 21.3 Å². The largest absolute Gasteiger partial charge is 0.381 e. The first-order valence-electron chi connectivity index (χ1n) is 6.48. The third-order valence-corrected chi connectivity index (χ3v) is 4.32. The van der Waals surface area contributed by atoms with Crippen molar-refractivity contribution >= 4 is 31.9 Å². The third kappa shape index (κ3) is 3.80. The predicted octanol–water partition coefficient (Wildman–Crippen LogP) is 4.29. The van der Waals surface area contributed by atoms with Crippen LogP contribution in [0.4, 0.5) is 0 Å². The summed E-state index contributed by atoms with van der Waals surface area (Å²) in [6, 6.07) is 6.94. The highest BCUT2D eigenvalue weighted by molar-refractivity contribution is 9.11. The monoisotopic (exact) mass is 375 g/mol. The van der Waals surface area contributed by atoms with E-state index >= 15 is 0 Å². The Morgan fingerprint density at radius 2 is 1.83 bits per heavy atom. The fraction of sp³-hybridized carbons (Fsp3) is 0.571. The van der Waals surface area contributed by atoms with Crippen molar-refractivity contribution in [1.82, 2.24) is 5.32 Å². The SMILES string of the molecule is CCNC(c1cc(Br)cc(Br)c1)C1CCOCC1. The van der Waals surface area contributed by atoms with Gasteiger partial charge in [-0.1, -0.05) is 38.8 Å². The van der Waals surface area contributed by atoms with Gasteiger partial charge in [-0.2, -0.15) is 0 Å². The fourth-order valence-electron chi connectivity index (χ4n) is 2.58. The number of halogens is 2. The van der Waals surface area contributed by atoms with Gasteiger partial charge in [-0.3, -0.25) is 0 Å². The normalized spacial score (nSPS) is 18.8. The maximum atomic E-state index is 5.47. The molecule has 18 heavy (non-hydrogen) atoms. The summed E-state index contributed by atoms with van der Waals surface area (Å²) in [5.74, 6) is 0.667. The van der Waals surface area contributed by atoms with E-state index in [1.54, 1.807) is 0 Å². The standard InChI is InChI=1S/C14H19Br2NO/c1-2-17-14(10-3-5-18-6-4-10)11-7-12(15)9-13(16)8-11/h7-10,14,17H,2-6H2,1H3. The number of rotatable bonds is 4. The van der Waals surface area contributed by atoms with E-state index in [9.17, 15) is 0 Å². The van der Waals surface area contributed by atoms with E-state index in [0.717, 1.165) is 41.5 Å². The molecule has 1 unspecified atom stereocenters. The quantitative estimate of drug-likeness (QED) is 0.846. The molecule has 0 amide bonds. The van der Waals surface area contributed by atoms with E-state index in [4.69, 9.17) is 4.74 Å². The lowest BCUT2D eigenvalue weighted by Crippen LogP contribution is -2.32. The summed E-state index contributed by atoms with van der Waals surface area (Å²) in [7, 11) is 0. The Balaban J connectivity index is 2.22. The molecule has 0 aliphatic carbocycles.